The van der Waals surface area contributed by atoms with E-state index in [1.165, 1.54) is 24.3 Å². The van der Waals surface area contributed by atoms with Gasteiger partial charge in [-0.05, 0) is 67.8 Å². The van der Waals surface area contributed by atoms with Crippen LogP contribution in [0.4, 0.5) is 10.1 Å². The van der Waals surface area contributed by atoms with Crippen molar-refractivity contribution in [3.05, 3.63) is 88.7 Å². The largest absolute Gasteiger partial charge is 0.494 e. The van der Waals surface area contributed by atoms with Crippen molar-refractivity contribution < 1.29 is 22.3 Å². The Morgan fingerprint density at radius 3 is 2.45 bits per heavy atom. The highest BCUT2D eigenvalue weighted by Crippen LogP contribution is 2.23. The first-order chi connectivity index (χ1) is 15.7. The molecule has 0 aliphatic carbocycles. The number of nitrogens with one attached hydrogen (secondary N) is 2. The van der Waals surface area contributed by atoms with Crippen molar-refractivity contribution in [2.45, 2.75) is 31.2 Å². The molecule has 9 heteroatoms. The van der Waals surface area contributed by atoms with Gasteiger partial charge >= 0.3 is 0 Å². The smallest absolute Gasteiger partial charge is 0.242 e. The molecule has 0 bridgehead atoms. The van der Waals surface area contributed by atoms with E-state index in [0.29, 0.717) is 17.9 Å². The number of amides is 1. The van der Waals surface area contributed by atoms with Gasteiger partial charge in [0.25, 0.3) is 0 Å². The Balaban J connectivity index is 1.87. The maximum absolute atomic E-state index is 13.5. The summed E-state index contributed by atoms with van der Waals surface area (Å²) in [6, 6.07) is 16.1. The number of ether oxygens (including phenoxy) is 1. The number of hydrogen-bond acceptors (Lipinski definition) is 4. The van der Waals surface area contributed by atoms with E-state index >= 15 is 0 Å². The molecular weight excluding hydrogens is 467 g/mol. The summed E-state index contributed by atoms with van der Waals surface area (Å²) in [4.78, 5) is 13.0. The monoisotopic (exact) mass is 490 g/mol. The number of anilines is 1. The van der Waals surface area contributed by atoms with Gasteiger partial charge in [0.2, 0.25) is 15.9 Å². The Kier molecular flexibility index (Phi) is 8.07. The van der Waals surface area contributed by atoms with Crippen LogP contribution in [0.3, 0.4) is 0 Å². The summed E-state index contributed by atoms with van der Waals surface area (Å²) < 4.78 is 47.6. The Bertz CT molecular complexity index is 1240. The fraction of sp³-hybridized carbons (Fsp3) is 0.208. The maximum atomic E-state index is 13.5. The second-order valence-corrected chi connectivity index (χ2v) is 9.46. The van der Waals surface area contributed by atoms with E-state index in [4.69, 9.17) is 16.3 Å². The minimum atomic E-state index is -4.04. The van der Waals surface area contributed by atoms with Gasteiger partial charge in [0.15, 0.2) is 0 Å². The molecule has 0 fully saturated rings. The summed E-state index contributed by atoms with van der Waals surface area (Å²) in [6.45, 7) is 4.04. The van der Waals surface area contributed by atoms with Crippen LogP contribution in [0.15, 0.2) is 71.6 Å². The minimum Gasteiger partial charge on any atom is -0.494 e. The molecular formula is C24H24ClFN2O4S. The summed E-state index contributed by atoms with van der Waals surface area (Å²) in [5.41, 5.74) is 1.67. The molecule has 0 aliphatic rings. The molecule has 3 aromatic rings. The first kappa shape index (κ1) is 24.7. The van der Waals surface area contributed by atoms with Gasteiger partial charge in [0.05, 0.1) is 16.5 Å². The topological polar surface area (TPSA) is 84.5 Å². The molecule has 0 aliphatic heterocycles. The number of halogens is 2. The van der Waals surface area contributed by atoms with Gasteiger partial charge in [-0.3, -0.25) is 4.79 Å². The summed E-state index contributed by atoms with van der Waals surface area (Å²) in [5, 5.41) is 2.45. The molecule has 1 unspecified atom stereocenters. The van der Waals surface area contributed by atoms with Gasteiger partial charge in [-0.15, -0.1) is 0 Å². The number of sulfonamides is 1. The molecule has 6 nitrogen and oxygen atoms in total. The van der Waals surface area contributed by atoms with Crippen LogP contribution in [0.1, 0.15) is 18.1 Å². The van der Waals surface area contributed by atoms with Crippen LogP contribution in [0.2, 0.25) is 5.02 Å². The Morgan fingerprint density at radius 1 is 1.09 bits per heavy atom. The number of benzene rings is 3. The number of aryl methyl sites for hydroxylation is 1. The number of rotatable bonds is 9. The lowest BCUT2D eigenvalue weighted by Gasteiger charge is -2.19. The van der Waals surface area contributed by atoms with Gasteiger partial charge in [-0.1, -0.05) is 41.9 Å². The zero-order valence-electron chi connectivity index (χ0n) is 18.1. The van der Waals surface area contributed by atoms with Crippen molar-refractivity contribution in [3.63, 3.8) is 0 Å². The molecule has 0 spiro atoms. The van der Waals surface area contributed by atoms with Gasteiger partial charge in [-0.25, -0.2) is 12.8 Å². The van der Waals surface area contributed by atoms with Crippen LogP contribution in [0.5, 0.6) is 5.75 Å². The maximum Gasteiger partial charge on any atom is 0.242 e. The second-order valence-electron chi connectivity index (χ2n) is 7.34. The highest BCUT2D eigenvalue weighted by molar-refractivity contribution is 7.89. The number of carbonyl (C=O) groups excluding carboxylic acids is 1. The summed E-state index contributed by atoms with van der Waals surface area (Å²) in [6.07, 6.45) is 0.108. The first-order valence-corrected chi connectivity index (χ1v) is 12.1. The van der Waals surface area contributed by atoms with Gasteiger partial charge in [-0.2, -0.15) is 4.72 Å². The lowest BCUT2D eigenvalue weighted by Crippen LogP contribution is -2.45. The van der Waals surface area contributed by atoms with Crippen molar-refractivity contribution >= 4 is 33.2 Å². The highest BCUT2D eigenvalue weighted by Gasteiger charge is 2.27. The zero-order chi connectivity index (χ0) is 24.0. The van der Waals surface area contributed by atoms with Gasteiger partial charge in [0, 0.05) is 5.69 Å². The van der Waals surface area contributed by atoms with Crippen molar-refractivity contribution in [1.82, 2.24) is 4.72 Å². The predicted molar refractivity (Wildman–Crippen MR) is 127 cm³/mol. The standard InChI is InChI=1S/C24H24ClFN2O4S/c1-3-32-23-12-10-19(13-16(23)2)33(30,31)28-22(14-17-7-5-4-6-8-17)24(29)27-18-9-11-21(26)20(25)15-18/h4-13,15,22,28H,3,14H2,1-2H3,(H,27,29). The predicted octanol–water partition coefficient (Wildman–Crippen LogP) is 4.71. The molecule has 1 atom stereocenters. The third-order valence-electron chi connectivity index (χ3n) is 4.84. The lowest BCUT2D eigenvalue weighted by atomic mass is 10.1. The van der Waals surface area contributed by atoms with Crippen molar-refractivity contribution in [3.8, 4) is 5.75 Å². The second kappa shape index (κ2) is 10.8. The molecule has 3 aromatic carbocycles. The molecule has 0 saturated heterocycles. The summed E-state index contributed by atoms with van der Waals surface area (Å²) in [7, 11) is -4.04. The molecule has 2 N–H and O–H groups in total. The van der Waals surface area contributed by atoms with Crippen molar-refractivity contribution in [2.24, 2.45) is 0 Å². The molecule has 0 heterocycles. The van der Waals surface area contributed by atoms with E-state index in [1.807, 2.05) is 13.0 Å². The minimum absolute atomic E-state index is 0.0131. The zero-order valence-corrected chi connectivity index (χ0v) is 19.7. The number of carbonyl (C=O) groups is 1. The molecule has 1 amide bonds. The Labute approximate surface area is 197 Å². The molecule has 3 rings (SSSR count). The van der Waals surface area contributed by atoms with Gasteiger partial charge in [0.1, 0.15) is 17.6 Å². The third-order valence-corrected chi connectivity index (χ3v) is 6.60. The van der Waals surface area contributed by atoms with Crippen LogP contribution >= 0.6 is 11.6 Å². The molecule has 0 radical (unpaired) electrons. The molecule has 174 valence electrons. The molecule has 0 saturated carbocycles. The van der Waals surface area contributed by atoms with E-state index in [9.17, 15) is 17.6 Å². The lowest BCUT2D eigenvalue weighted by molar-refractivity contribution is -0.117. The Hall–Kier alpha value is -2.94. The molecule has 33 heavy (non-hydrogen) atoms. The normalized spacial score (nSPS) is 12.2. The van der Waals surface area contributed by atoms with Crippen LogP contribution in [-0.4, -0.2) is 27.0 Å². The molecule has 0 aromatic heterocycles. The quantitative estimate of drug-likeness (QED) is 0.454. The van der Waals surface area contributed by atoms with Gasteiger partial charge < -0.3 is 10.1 Å². The number of hydrogen-bond donors (Lipinski definition) is 2. The summed E-state index contributed by atoms with van der Waals surface area (Å²) in [5.74, 6) is -0.641. The van der Waals surface area contributed by atoms with E-state index in [1.54, 1.807) is 37.3 Å². The fourth-order valence-electron chi connectivity index (χ4n) is 3.20. The fourth-order valence-corrected chi connectivity index (χ4v) is 4.66. The average Bonchev–Trinajstić information content (AvgIpc) is 2.78. The van der Waals surface area contributed by atoms with E-state index in [0.717, 1.165) is 11.6 Å². The Morgan fingerprint density at radius 2 is 1.82 bits per heavy atom. The van der Waals surface area contributed by atoms with Crippen LogP contribution in [-0.2, 0) is 21.2 Å². The first-order valence-electron chi connectivity index (χ1n) is 10.2. The SMILES string of the molecule is CCOc1ccc(S(=O)(=O)NC(Cc2ccccc2)C(=O)Nc2ccc(F)c(Cl)c2)cc1C. The third kappa shape index (κ3) is 6.54. The average molecular weight is 491 g/mol. The van der Waals surface area contributed by atoms with Crippen LogP contribution < -0.4 is 14.8 Å². The van der Waals surface area contributed by atoms with E-state index in [2.05, 4.69) is 10.0 Å². The van der Waals surface area contributed by atoms with Crippen LogP contribution in [0, 0.1) is 12.7 Å². The highest BCUT2D eigenvalue weighted by atomic mass is 35.5. The summed E-state index contributed by atoms with van der Waals surface area (Å²) >= 11 is 5.80. The van der Waals surface area contributed by atoms with E-state index < -0.39 is 27.8 Å². The van der Waals surface area contributed by atoms with E-state index in [-0.39, 0.29) is 22.0 Å². The van der Waals surface area contributed by atoms with Crippen LogP contribution in [0.25, 0.3) is 0 Å². The van der Waals surface area contributed by atoms with Crippen molar-refractivity contribution in [1.29, 1.82) is 0 Å². The van der Waals surface area contributed by atoms with Crippen molar-refractivity contribution in [2.75, 3.05) is 11.9 Å².